The van der Waals surface area contributed by atoms with E-state index >= 15 is 0 Å². The van der Waals surface area contributed by atoms with Gasteiger partial charge in [-0.05, 0) is 30.0 Å². The third-order valence-electron chi connectivity index (χ3n) is 2.50. The zero-order valence-corrected chi connectivity index (χ0v) is 11.4. The first-order valence-electron chi connectivity index (χ1n) is 6.13. The highest BCUT2D eigenvalue weighted by atomic mass is 19.4. The molecule has 0 aromatic heterocycles. The number of halogens is 3. The van der Waals surface area contributed by atoms with Crippen molar-refractivity contribution < 1.29 is 17.9 Å². The van der Waals surface area contributed by atoms with Crippen molar-refractivity contribution in [3.8, 4) is 5.75 Å². The summed E-state index contributed by atoms with van der Waals surface area (Å²) < 4.78 is 42.9. The lowest BCUT2D eigenvalue weighted by molar-refractivity contribution is -0.137. The predicted octanol–water partition coefficient (Wildman–Crippen LogP) is 3.85. The van der Waals surface area contributed by atoms with Crippen LogP contribution in [-0.2, 0) is 6.18 Å². The highest BCUT2D eigenvalue weighted by Gasteiger charge is 2.30. The molecule has 1 aromatic carbocycles. The smallest absolute Gasteiger partial charge is 0.416 e. The lowest BCUT2D eigenvalue weighted by Crippen LogP contribution is -2.32. The molecule has 0 saturated carbocycles. The number of benzene rings is 1. The van der Waals surface area contributed by atoms with Crippen molar-refractivity contribution in [3.63, 3.8) is 0 Å². The monoisotopic (exact) mass is 275 g/mol. The van der Waals surface area contributed by atoms with Crippen LogP contribution in [0.3, 0.4) is 0 Å². The van der Waals surface area contributed by atoms with Gasteiger partial charge in [0.2, 0.25) is 0 Å². The van der Waals surface area contributed by atoms with E-state index in [1.807, 2.05) is 0 Å². The predicted molar refractivity (Wildman–Crippen MR) is 69.0 cm³/mol. The van der Waals surface area contributed by atoms with Crippen LogP contribution in [0.15, 0.2) is 24.3 Å². The highest BCUT2D eigenvalue weighted by Crippen LogP contribution is 2.31. The summed E-state index contributed by atoms with van der Waals surface area (Å²) in [7, 11) is 0. The maximum atomic E-state index is 12.5. The fourth-order valence-corrected chi connectivity index (χ4v) is 1.81. The molecular weight excluding hydrogens is 255 g/mol. The van der Waals surface area contributed by atoms with E-state index < -0.39 is 11.7 Å². The van der Waals surface area contributed by atoms with Crippen LogP contribution in [0, 0.1) is 5.41 Å². The van der Waals surface area contributed by atoms with Gasteiger partial charge >= 0.3 is 6.18 Å². The van der Waals surface area contributed by atoms with E-state index in [9.17, 15) is 13.2 Å². The van der Waals surface area contributed by atoms with E-state index in [-0.39, 0.29) is 23.8 Å². The molecule has 0 spiro atoms. The third kappa shape index (κ3) is 5.96. The van der Waals surface area contributed by atoms with Gasteiger partial charge in [-0.1, -0.05) is 26.8 Å². The second kappa shape index (κ2) is 5.82. The number of hydrogen-bond donors (Lipinski definition) is 1. The molecular formula is C14H20F3NO. The average Bonchev–Trinajstić information content (AvgIpc) is 2.23. The van der Waals surface area contributed by atoms with Crippen molar-refractivity contribution in [2.75, 3.05) is 6.61 Å². The molecule has 0 saturated heterocycles. The number of nitrogens with two attached hydrogens (primary N) is 1. The number of rotatable bonds is 4. The van der Waals surface area contributed by atoms with Gasteiger partial charge in [0.1, 0.15) is 12.4 Å². The Kier molecular flexibility index (Phi) is 4.85. The molecule has 0 radical (unpaired) electrons. The summed E-state index contributed by atoms with van der Waals surface area (Å²) in [6.45, 7) is 6.37. The van der Waals surface area contributed by atoms with Crippen molar-refractivity contribution in [1.82, 2.24) is 0 Å². The molecule has 2 nitrogen and oxygen atoms in total. The Hall–Kier alpha value is -1.23. The summed E-state index contributed by atoms with van der Waals surface area (Å²) in [5, 5.41) is 0. The first-order chi connectivity index (χ1) is 8.58. The minimum Gasteiger partial charge on any atom is -0.492 e. The van der Waals surface area contributed by atoms with Crippen LogP contribution in [0.4, 0.5) is 13.2 Å². The normalized spacial score (nSPS) is 14.3. The van der Waals surface area contributed by atoms with Crippen molar-refractivity contribution in [1.29, 1.82) is 0 Å². The molecule has 0 amide bonds. The van der Waals surface area contributed by atoms with E-state index in [1.54, 1.807) is 0 Å². The molecule has 108 valence electrons. The van der Waals surface area contributed by atoms with Gasteiger partial charge in [0, 0.05) is 6.04 Å². The van der Waals surface area contributed by atoms with Gasteiger partial charge in [-0.3, -0.25) is 0 Å². The van der Waals surface area contributed by atoms with Crippen molar-refractivity contribution in [3.05, 3.63) is 29.8 Å². The molecule has 0 heterocycles. The van der Waals surface area contributed by atoms with E-state index in [0.717, 1.165) is 18.6 Å². The van der Waals surface area contributed by atoms with Gasteiger partial charge in [0.05, 0.1) is 5.56 Å². The van der Waals surface area contributed by atoms with Gasteiger partial charge in [-0.25, -0.2) is 0 Å². The zero-order valence-electron chi connectivity index (χ0n) is 11.4. The molecule has 0 aliphatic heterocycles. The largest absolute Gasteiger partial charge is 0.492 e. The number of hydrogen-bond acceptors (Lipinski definition) is 2. The first kappa shape index (κ1) is 15.8. The summed E-state index contributed by atoms with van der Waals surface area (Å²) in [6.07, 6.45) is -3.61. The molecule has 0 bridgehead atoms. The summed E-state index contributed by atoms with van der Waals surface area (Å²) in [4.78, 5) is 0. The van der Waals surface area contributed by atoms with E-state index in [4.69, 9.17) is 10.5 Å². The van der Waals surface area contributed by atoms with Gasteiger partial charge in [-0.2, -0.15) is 13.2 Å². The van der Waals surface area contributed by atoms with Crippen LogP contribution >= 0.6 is 0 Å². The van der Waals surface area contributed by atoms with E-state index in [2.05, 4.69) is 20.8 Å². The molecule has 1 aromatic rings. The van der Waals surface area contributed by atoms with Gasteiger partial charge in [0.25, 0.3) is 0 Å². The highest BCUT2D eigenvalue weighted by molar-refractivity contribution is 5.30. The fourth-order valence-electron chi connectivity index (χ4n) is 1.81. The molecule has 0 fully saturated rings. The van der Waals surface area contributed by atoms with Crippen LogP contribution in [0.1, 0.15) is 32.8 Å². The molecule has 5 heteroatoms. The summed E-state index contributed by atoms with van der Waals surface area (Å²) in [6, 6.07) is 4.63. The summed E-state index contributed by atoms with van der Waals surface area (Å²) in [5.74, 6) is 0.194. The Balaban J connectivity index is 2.59. The number of ether oxygens (including phenoxy) is 1. The molecule has 1 rings (SSSR count). The minimum absolute atomic E-state index is 0.0661. The van der Waals surface area contributed by atoms with Crippen molar-refractivity contribution in [2.24, 2.45) is 11.1 Å². The van der Waals surface area contributed by atoms with Crippen LogP contribution in [0.25, 0.3) is 0 Å². The van der Waals surface area contributed by atoms with Crippen LogP contribution in [0.2, 0.25) is 0 Å². The molecule has 1 atom stereocenters. The second-order valence-electron chi connectivity index (χ2n) is 5.86. The first-order valence-corrected chi connectivity index (χ1v) is 6.13. The van der Waals surface area contributed by atoms with Crippen LogP contribution in [0.5, 0.6) is 5.75 Å². The summed E-state index contributed by atoms with van der Waals surface area (Å²) >= 11 is 0. The lowest BCUT2D eigenvalue weighted by Gasteiger charge is -2.23. The van der Waals surface area contributed by atoms with Crippen LogP contribution < -0.4 is 10.5 Å². The second-order valence-corrected chi connectivity index (χ2v) is 5.86. The Morgan fingerprint density at radius 2 is 1.84 bits per heavy atom. The Morgan fingerprint density at radius 3 is 2.37 bits per heavy atom. The van der Waals surface area contributed by atoms with Gasteiger partial charge in [-0.15, -0.1) is 0 Å². The lowest BCUT2D eigenvalue weighted by atomic mass is 9.89. The molecule has 0 aliphatic carbocycles. The van der Waals surface area contributed by atoms with Gasteiger partial charge < -0.3 is 10.5 Å². The maximum Gasteiger partial charge on any atom is 0.416 e. The quantitative estimate of drug-likeness (QED) is 0.906. The fraction of sp³-hybridized carbons (Fsp3) is 0.571. The van der Waals surface area contributed by atoms with Crippen LogP contribution in [-0.4, -0.2) is 12.6 Å². The molecule has 2 N–H and O–H groups in total. The minimum atomic E-state index is -4.35. The Labute approximate surface area is 111 Å². The average molecular weight is 275 g/mol. The number of alkyl halides is 3. The molecule has 1 unspecified atom stereocenters. The summed E-state index contributed by atoms with van der Waals surface area (Å²) in [5.41, 5.74) is 5.24. The SMILES string of the molecule is CC(C)(C)CC(N)COc1cccc(C(F)(F)F)c1. The maximum absolute atomic E-state index is 12.5. The standard InChI is InChI=1S/C14H20F3NO/c1-13(2,3)8-11(18)9-19-12-6-4-5-10(7-12)14(15,16)17/h4-7,11H,8-9,18H2,1-3H3. The topological polar surface area (TPSA) is 35.2 Å². The van der Waals surface area contributed by atoms with Crippen molar-refractivity contribution in [2.45, 2.75) is 39.4 Å². The van der Waals surface area contributed by atoms with E-state index in [0.29, 0.717) is 0 Å². The zero-order chi connectivity index (χ0) is 14.7. The molecule has 0 aliphatic rings. The van der Waals surface area contributed by atoms with Crippen molar-refractivity contribution >= 4 is 0 Å². The Morgan fingerprint density at radius 1 is 1.21 bits per heavy atom. The molecule has 19 heavy (non-hydrogen) atoms. The van der Waals surface area contributed by atoms with E-state index in [1.165, 1.54) is 12.1 Å². The Bertz CT molecular complexity index is 410. The van der Waals surface area contributed by atoms with Gasteiger partial charge in [0.15, 0.2) is 0 Å². The third-order valence-corrected chi connectivity index (χ3v) is 2.50.